The number of aromatic nitrogens is 1. The summed E-state index contributed by atoms with van der Waals surface area (Å²) in [7, 11) is 0. The Balaban J connectivity index is 1.56. The summed E-state index contributed by atoms with van der Waals surface area (Å²) < 4.78 is 13.5. The third-order valence-corrected chi connectivity index (χ3v) is 5.12. The van der Waals surface area contributed by atoms with Crippen LogP contribution in [0.2, 0.25) is 0 Å². The van der Waals surface area contributed by atoms with Crippen LogP contribution in [0.15, 0.2) is 30.3 Å². The molecule has 0 fully saturated rings. The first-order chi connectivity index (χ1) is 12.5. The molecule has 4 rings (SSSR count). The number of carbonyl (C=O) groups is 1. The first-order valence-corrected chi connectivity index (χ1v) is 9.18. The lowest BCUT2D eigenvalue weighted by atomic mass is 9.97. The van der Waals surface area contributed by atoms with Crippen molar-refractivity contribution in [2.45, 2.75) is 33.4 Å². The van der Waals surface area contributed by atoms with E-state index in [2.05, 4.69) is 42.8 Å². The van der Waals surface area contributed by atoms with Crippen molar-refractivity contribution in [3.8, 4) is 11.5 Å². The topological polar surface area (TPSA) is 55.7 Å². The molecule has 6 heteroatoms. The van der Waals surface area contributed by atoms with E-state index >= 15 is 0 Å². The molecule has 2 aromatic rings. The molecule has 0 aliphatic carbocycles. The zero-order chi connectivity index (χ0) is 18.3. The van der Waals surface area contributed by atoms with Crippen molar-refractivity contribution in [3.05, 3.63) is 41.7 Å². The highest BCUT2D eigenvalue weighted by molar-refractivity contribution is 5.90. The van der Waals surface area contributed by atoms with Gasteiger partial charge < -0.3 is 24.3 Å². The van der Waals surface area contributed by atoms with E-state index in [0.29, 0.717) is 31.4 Å². The smallest absolute Gasteiger partial charge is 0.322 e. The molecular weight excluding hydrogens is 330 g/mol. The minimum absolute atomic E-state index is 0.0645. The third kappa shape index (κ3) is 2.89. The van der Waals surface area contributed by atoms with Gasteiger partial charge >= 0.3 is 6.03 Å². The maximum atomic E-state index is 13.0. The van der Waals surface area contributed by atoms with Crippen LogP contribution in [0, 0.1) is 12.8 Å². The predicted molar refractivity (Wildman–Crippen MR) is 99.9 cm³/mol. The van der Waals surface area contributed by atoms with Gasteiger partial charge in [-0.25, -0.2) is 4.79 Å². The molecule has 0 radical (unpaired) electrons. The molecule has 1 aromatic carbocycles. The van der Waals surface area contributed by atoms with Gasteiger partial charge in [-0.3, -0.25) is 0 Å². The van der Waals surface area contributed by atoms with Crippen LogP contribution in [0.5, 0.6) is 11.5 Å². The molecule has 2 amide bonds. The fourth-order valence-electron chi connectivity index (χ4n) is 3.91. The molecule has 1 N–H and O–H groups in total. The van der Waals surface area contributed by atoms with E-state index in [-0.39, 0.29) is 12.1 Å². The molecular formula is C20H25N3O3. The second kappa shape index (κ2) is 6.59. The number of carbonyl (C=O) groups excluding carboxylic acids is 1. The minimum atomic E-state index is -0.0783. The molecule has 0 saturated carbocycles. The number of fused-ring (bicyclic) bond motifs is 2. The van der Waals surface area contributed by atoms with Crippen LogP contribution < -0.4 is 14.8 Å². The summed E-state index contributed by atoms with van der Waals surface area (Å²) in [6.07, 6.45) is 0. The Hall–Kier alpha value is -2.63. The number of benzene rings is 1. The van der Waals surface area contributed by atoms with E-state index in [1.165, 1.54) is 11.4 Å². The average Bonchev–Trinajstić information content (AvgIpc) is 3.01. The standard InChI is InChI=1S/C20H25N3O3/c1-13(2)19-16-6-4-14(3)22(16)8-9-23(19)20(24)21-15-5-7-17-18(12-15)26-11-10-25-17/h4-7,12-13,19H,8-11H2,1-3H3,(H,21,24)/t19-/m0/s1. The highest BCUT2D eigenvalue weighted by atomic mass is 16.6. The fourth-order valence-corrected chi connectivity index (χ4v) is 3.91. The molecule has 3 heterocycles. The molecule has 2 aliphatic rings. The van der Waals surface area contributed by atoms with Crippen molar-refractivity contribution in [2.75, 3.05) is 25.1 Å². The Kier molecular flexibility index (Phi) is 4.26. The highest BCUT2D eigenvalue weighted by Crippen LogP contribution is 2.35. The van der Waals surface area contributed by atoms with Crippen molar-refractivity contribution in [3.63, 3.8) is 0 Å². The lowest BCUT2D eigenvalue weighted by Crippen LogP contribution is -2.46. The van der Waals surface area contributed by atoms with Gasteiger partial charge in [-0.1, -0.05) is 13.8 Å². The quantitative estimate of drug-likeness (QED) is 0.891. The Morgan fingerprint density at radius 3 is 2.65 bits per heavy atom. The Morgan fingerprint density at radius 2 is 1.88 bits per heavy atom. The molecule has 0 spiro atoms. The summed E-state index contributed by atoms with van der Waals surface area (Å²) in [6.45, 7) is 9.05. The van der Waals surface area contributed by atoms with Crippen LogP contribution in [0.1, 0.15) is 31.3 Å². The van der Waals surface area contributed by atoms with Crippen molar-refractivity contribution >= 4 is 11.7 Å². The normalized spacial score (nSPS) is 18.6. The number of hydrogen-bond donors (Lipinski definition) is 1. The van der Waals surface area contributed by atoms with Crippen LogP contribution in [0.25, 0.3) is 0 Å². The van der Waals surface area contributed by atoms with Gasteiger partial charge in [0, 0.05) is 36.2 Å². The average molecular weight is 355 g/mol. The zero-order valence-electron chi connectivity index (χ0n) is 15.5. The first kappa shape index (κ1) is 16.8. The number of urea groups is 1. The van der Waals surface area contributed by atoms with Crippen molar-refractivity contribution < 1.29 is 14.3 Å². The van der Waals surface area contributed by atoms with E-state index < -0.39 is 0 Å². The maximum Gasteiger partial charge on any atom is 0.322 e. The molecule has 1 aromatic heterocycles. The second-order valence-electron chi connectivity index (χ2n) is 7.22. The largest absolute Gasteiger partial charge is 0.486 e. The zero-order valence-corrected chi connectivity index (χ0v) is 15.5. The molecule has 138 valence electrons. The molecule has 0 unspecified atom stereocenters. The SMILES string of the molecule is Cc1ccc2n1CCN(C(=O)Nc1ccc3c(c1)OCCO3)[C@H]2C(C)C. The van der Waals surface area contributed by atoms with Gasteiger partial charge in [0.25, 0.3) is 0 Å². The van der Waals surface area contributed by atoms with Crippen LogP contribution in [-0.2, 0) is 6.54 Å². The van der Waals surface area contributed by atoms with E-state index in [9.17, 15) is 4.79 Å². The lowest BCUT2D eigenvalue weighted by molar-refractivity contribution is 0.143. The van der Waals surface area contributed by atoms with Gasteiger partial charge in [-0.2, -0.15) is 0 Å². The molecule has 0 saturated heterocycles. The van der Waals surface area contributed by atoms with Crippen LogP contribution >= 0.6 is 0 Å². The van der Waals surface area contributed by atoms with Crippen LogP contribution in [-0.4, -0.2) is 35.3 Å². The Bertz CT molecular complexity index is 828. The number of nitrogens with zero attached hydrogens (tertiary/aromatic N) is 2. The Morgan fingerprint density at radius 1 is 1.12 bits per heavy atom. The summed E-state index contributed by atoms with van der Waals surface area (Å²) in [6, 6.07) is 9.78. The lowest BCUT2D eigenvalue weighted by Gasteiger charge is -2.39. The van der Waals surface area contributed by atoms with E-state index in [0.717, 1.165) is 18.0 Å². The number of nitrogens with one attached hydrogen (secondary N) is 1. The maximum absolute atomic E-state index is 13.0. The van der Waals surface area contributed by atoms with Gasteiger partial charge in [-0.15, -0.1) is 0 Å². The summed E-state index contributed by atoms with van der Waals surface area (Å²) in [5, 5.41) is 3.03. The summed E-state index contributed by atoms with van der Waals surface area (Å²) in [5.41, 5.74) is 3.18. The fraction of sp³-hybridized carbons (Fsp3) is 0.450. The monoisotopic (exact) mass is 355 g/mol. The summed E-state index contributed by atoms with van der Waals surface area (Å²) in [5.74, 6) is 1.73. The molecule has 2 aliphatic heterocycles. The molecule has 1 atom stereocenters. The molecule has 6 nitrogen and oxygen atoms in total. The second-order valence-corrected chi connectivity index (χ2v) is 7.22. The van der Waals surface area contributed by atoms with Crippen molar-refractivity contribution in [1.82, 2.24) is 9.47 Å². The molecule has 0 bridgehead atoms. The van der Waals surface area contributed by atoms with Crippen molar-refractivity contribution in [1.29, 1.82) is 0 Å². The van der Waals surface area contributed by atoms with Gasteiger partial charge in [0.05, 0.1) is 6.04 Å². The number of ether oxygens (including phenoxy) is 2. The third-order valence-electron chi connectivity index (χ3n) is 5.12. The summed E-state index contributed by atoms with van der Waals surface area (Å²) >= 11 is 0. The van der Waals surface area contributed by atoms with Crippen LogP contribution in [0.4, 0.5) is 10.5 Å². The van der Waals surface area contributed by atoms with E-state index in [4.69, 9.17) is 9.47 Å². The van der Waals surface area contributed by atoms with Gasteiger partial charge in [-0.05, 0) is 37.1 Å². The van der Waals surface area contributed by atoms with Gasteiger partial charge in [0.1, 0.15) is 13.2 Å². The highest BCUT2D eigenvalue weighted by Gasteiger charge is 2.33. The van der Waals surface area contributed by atoms with Crippen LogP contribution in [0.3, 0.4) is 0 Å². The first-order valence-electron chi connectivity index (χ1n) is 9.18. The molecule has 26 heavy (non-hydrogen) atoms. The van der Waals surface area contributed by atoms with Crippen molar-refractivity contribution in [2.24, 2.45) is 5.92 Å². The summed E-state index contributed by atoms with van der Waals surface area (Å²) in [4.78, 5) is 14.9. The predicted octanol–water partition coefficient (Wildman–Crippen LogP) is 3.81. The van der Waals surface area contributed by atoms with Gasteiger partial charge in [0.2, 0.25) is 0 Å². The van der Waals surface area contributed by atoms with Gasteiger partial charge in [0.15, 0.2) is 11.5 Å². The minimum Gasteiger partial charge on any atom is -0.486 e. The number of aryl methyl sites for hydroxylation is 1. The number of rotatable bonds is 2. The Labute approximate surface area is 153 Å². The number of hydrogen-bond acceptors (Lipinski definition) is 3. The number of amides is 2. The number of anilines is 1. The van der Waals surface area contributed by atoms with E-state index in [1.807, 2.05) is 23.1 Å². The van der Waals surface area contributed by atoms with E-state index in [1.54, 1.807) is 0 Å².